The molecule has 8 heteroatoms. The second-order valence-corrected chi connectivity index (χ2v) is 6.12. The Hall–Kier alpha value is -3.42. The lowest BCUT2D eigenvalue weighted by atomic mass is 10.2. The number of rotatable bonds is 9. The maximum atomic E-state index is 12.3. The van der Waals surface area contributed by atoms with Crippen molar-refractivity contribution in [3.05, 3.63) is 48.5 Å². The highest BCUT2D eigenvalue weighted by Crippen LogP contribution is 2.23. The fourth-order valence-electron chi connectivity index (χ4n) is 2.53. The number of amides is 1. The van der Waals surface area contributed by atoms with Crippen LogP contribution in [0.25, 0.3) is 11.4 Å². The lowest BCUT2D eigenvalue weighted by Gasteiger charge is -2.09. The average molecular weight is 381 g/mol. The van der Waals surface area contributed by atoms with E-state index in [-0.39, 0.29) is 12.5 Å². The van der Waals surface area contributed by atoms with Gasteiger partial charge >= 0.3 is 0 Å². The first-order valence-electron chi connectivity index (χ1n) is 9.13. The number of benzene rings is 2. The molecule has 0 spiro atoms. The van der Waals surface area contributed by atoms with Crippen LogP contribution in [0.15, 0.2) is 48.5 Å². The predicted octanol–water partition coefficient (Wildman–Crippen LogP) is 3.17. The lowest BCUT2D eigenvalue weighted by Crippen LogP contribution is -2.20. The minimum absolute atomic E-state index is 0.0523. The number of tetrazole rings is 1. The lowest BCUT2D eigenvalue weighted by molar-refractivity contribution is -0.117. The molecule has 0 saturated carbocycles. The summed E-state index contributed by atoms with van der Waals surface area (Å²) in [4.78, 5) is 13.5. The van der Waals surface area contributed by atoms with Crippen LogP contribution in [0, 0.1) is 0 Å². The Morgan fingerprint density at radius 1 is 1.14 bits per heavy atom. The van der Waals surface area contributed by atoms with Crippen LogP contribution in [-0.2, 0) is 11.3 Å². The van der Waals surface area contributed by atoms with Crippen molar-refractivity contribution in [2.24, 2.45) is 0 Å². The van der Waals surface area contributed by atoms with Crippen LogP contribution < -0.4 is 14.8 Å². The van der Waals surface area contributed by atoms with Gasteiger partial charge in [0.15, 0.2) is 0 Å². The van der Waals surface area contributed by atoms with Gasteiger partial charge in [-0.25, -0.2) is 0 Å². The molecular formula is C20H23N5O3. The molecule has 28 heavy (non-hydrogen) atoms. The van der Waals surface area contributed by atoms with Crippen molar-refractivity contribution in [1.82, 2.24) is 20.2 Å². The van der Waals surface area contributed by atoms with Crippen LogP contribution in [0.4, 0.5) is 5.69 Å². The Bertz CT molecular complexity index is 908. The first-order chi connectivity index (χ1) is 13.7. The van der Waals surface area contributed by atoms with Crippen molar-refractivity contribution >= 4 is 11.6 Å². The molecular weight excluding hydrogens is 358 g/mol. The molecule has 146 valence electrons. The minimum atomic E-state index is -0.270. The highest BCUT2D eigenvalue weighted by Gasteiger charge is 2.11. The number of para-hydroxylation sites is 2. The molecule has 0 atom stereocenters. The van der Waals surface area contributed by atoms with Crippen LogP contribution in [0.5, 0.6) is 11.5 Å². The molecule has 1 aromatic heterocycles. The summed E-state index contributed by atoms with van der Waals surface area (Å²) in [7, 11) is 1.55. The fourth-order valence-corrected chi connectivity index (χ4v) is 2.53. The fraction of sp³-hybridized carbons (Fsp3) is 0.300. The zero-order valence-electron chi connectivity index (χ0n) is 16.0. The standard InChI is InChI=1S/C20H23N5O3/c1-3-4-13-28-16-11-9-15(10-12-16)20-22-24-25(23-20)14-19(26)21-17-7-5-6-8-18(17)27-2/h5-12H,3-4,13-14H2,1-2H3,(H,21,26). The molecule has 3 aromatic rings. The van der Waals surface area contributed by atoms with Crippen LogP contribution in [-0.4, -0.2) is 39.8 Å². The molecule has 3 rings (SSSR count). The predicted molar refractivity (Wildman–Crippen MR) is 105 cm³/mol. The van der Waals surface area contributed by atoms with Crippen LogP contribution in [0.2, 0.25) is 0 Å². The van der Waals surface area contributed by atoms with Gasteiger partial charge in [0.1, 0.15) is 18.0 Å². The molecule has 0 aliphatic heterocycles. The number of hydrogen-bond donors (Lipinski definition) is 1. The van der Waals surface area contributed by atoms with Gasteiger partial charge in [0.25, 0.3) is 0 Å². The van der Waals surface area contributed by atoms with E-state index in [1.807, 2.05) is 36.4 Å². The van der Waals surface area contributed by atoms with E-state index in [9.17, 15) is 4.79 Å². The third-order valence-corrected chi connectivity index (χ3v) is 4.00. The van der Waals surface area contributed by atoms with Crippen molar-refractivity contribution in [1.29, 1.82) is 0 Å². The Balaban J connectivity index is 1.60. The van der Waals surface area contributed by atoms with E-state index in [0.717, 1.165) is 24.2 Å². The number of methoxy groups -OCH3 is 1. The van der Waals surface area contributed by atoms with Crippen molar-refractivity contribution in [2.45, 2.75) is 26.3 Å². The second-order valence-electron chi connectivity index (χ2n) is 6.12. The number of ether oxygens (including phenoxy) is 2. The number of carbonyl (C=O) groups excluding carboxylic acids is 1. The Kier molecular flexibility index (Phi) is 6.56. The summed E-state index contributed by atoms with van der Waals surface area (Å²) < 4.78 is 10.9. The van der Waals surface area contributed by atoms with E-state index in [4.69, 9.17) is 9.47 Å². The van der Waals surface area contributed by atoms with Crippen molar-refractivity contribution in [3.8, 4) is 22.9 Å². The molecule has 0 radical (unpaired) electrons. The van der Waals surface area contributed by atoms with Crippen LogP contribution in [0.1, 0.15) is 19.8 Å². The highest BCUT2D eigenvalue weighted by molar-refractivity contribution is 5.91. The molecule has 2 aromatic carbocycles. The molecule has 0 fully saturated rings. The largest absolute Gasteiger partial charge is 0.495 e. The highest BCUT2D eigenvalue weighted by atomic mass is 16.5. The summed E-state index contributed by atoms with van der Waals surface area (Å²) >= 11 is 0. The van der Waals surface area contributed by atoms with E-state index in [0.29, 0.717) is 23.9 Å². The normalized spacial score (nSPS) is 10.5. The summed E-state index contributed by atoms with van der Waals surface area (Å²) in [6, 6.07) is 14.7. The van der Waals surface area contributed by atoms with Gasteiger partial charge in [0.2, 0.25) is 11.7 Å². The van der Waals surface area contributed by atoms with Gasteiger partial charge in [0, 0.05) is 5.56 Å². The second kappa shape index (κ2) is 9.50. The third kappa shape index (κ3) is 5.06. The van der Waals surface area contributed by atoms with Crippen LogP contribution >= 0.6 is 0 Å². The maximum absolute atomic E-state index is 12.3. The van der Waals surface area contributed by atoms with Gasteiger partial charge in [-0.05, 0) is 48.0 Å². The molecule has 0 unspecified atom stereocenters. The van der Waals surface area contributed by atoms with Gasteiger partial charge in [0.05, 0.1) is 19.4 Å². The number of anilines is 1. The number of nitrogens with zero attached hydrogens (tertiary/aromatic N) is 4. The average Bonchev–Trinajstić information content (AvgIpc) is 3.17. The van der Waals surface area contributed by atoms with Gasteiger partial charge in [-0.3, -0.25) is 4.79 Å². The van der Waals surface area contributed by atoms with Crippen molar-refractivity contribution < 1.29 is 14.3 Å². The quantitative estimate of drug-likeness (QED) is 0.573. The SMILES string of the molecule is CCCCOc1ccc(-c2nnn(CC(=O)Nc3ccccc3OC)n2)cc1. The van der Waals surface area contributed by atoms with E-state index >= 15 is 0 Å². The van der Waals surface area contributed by atoms with E-state index in [2.05, 4.69) is 27.7 Å². The van der Waals surface area contributed by atoms with E-state index < -0.39 is 0 Å². The van der Waals surface area contributed by atoms with Crippen molar-refractivity contribution in [2.75, 3.05) is 19.0 Å². The molecule has 0 aliphatic rings. The number of carbonyl (C=O) groups is 1. The number of unbranched alkanes of at least 4 members (excludes halogenated alkanes) is 1. The number of aromatic nitrogens is 4. The summed E-state index contributed by atoms with van der Waals surface area (Å²) in [6.45, 7) is 2.77. The zero-order valence-corrected chi connectivity index (χ0v) is 16.0. The topological polar surface area (TPSA) is 91.2 Å². The minimum Gasteiger partial charge on any atom is -0.495 e. The summed E-state index contributed by atoms with van der Waals surface area (Å²) in [5, 5.41) is 15.0. The maximum Gasteiger partial charge on any atom is 0.248 e. The molecule has 1 amide bonds. The van der Waals surface area contributed by atoms with Gasteiger partial charge in [-0.15, -0.1) is 10.2 Å². The molecule has 1 heterocycles. The first-order valence-corrected chi connectivity index (χ1v) is 9.13. The van der Waals surface area contributed by atoms with Crippen LogP contribution in [0.3, 0.4) is 0 Å². The van der Waals surface area contributed by atoms with Gasteiger partial charge < -0.3 is 14.8 Å². The summed E-state index contributed by atoms with van der Waals surface area (Å²) in [5.41, 5.74) is 1.40. The third-order valence-electron chi connectivity index (χ3n) is 4.00. The molecule has 0 bridgehead atoms. The number of hydrogen-bond acceptors (Lipinski definition) is 6. The van der Waals surface area contributed by atoms with E-state index in [1.54, 1.807) is 19.2 Å². The molecule has 8 nitrogen and oxygen atoms in total. The Morgan fingerprint density at radius 2 is 1.93 bits per heavy atom. The monoisotopic (exact) mass is 381 g/mol. The van der Waals surface area contributed by atoms with Gasteiger partial charge in [-0.2, -0.15) is 4.80 Å². The Labute approximate surface area is 163 Å². The Morgan fingerprint density at radius 3 is 2.68 bits per heavy atom. The summed E-state index contributed by atoms with van der Waals surface area (Å²) in [5.74, 6) is 1.57. The number of nitrogens with one attached hydrogen (secondary N) is 1. The smallest absolute Gasteiger partial charge is 0.248 e. The summed E-state index contributed by atoms with van der Waals surface area (Å²) in [6.07, 6.45) is 2.12. The van der Waals surface area contributed by atoms with E-state index in [1.165, 1.54) is 4.80 Å². The molecule has 1 N–H and O–H groups in total. The molecule has 0 aliphatic carbocycles. The zero-order chi connectivity index (χ0) is 19.8. The van der Waals surface area contributed by atoms with Gasteiger partial charge in [-0.1, -0.05) is 25.5 Å². The molecule has 0 saturated heterocycles. The first kappa shape index (κ1) is 19.3. The van der Waals surface area contributed by atoms with Crippen molar-refractivity contribution in [3.63, 3.8) is 0 Å².